The predicted octanol–water partition coefficient (Wildman–Crippen LogP) is 6.08. The minimum absolute atomic E-state index is 0.0148. The van der Waals surface area contributed by atoms with Gasteiger partial charge in [-0.15, -0.1) is 0 Å². The molecule has 2 unspecified atom stereocenters. The zero-order valence-corrected chi connectivity index (χ0v) is 16.4. The van der Waals surface area contributed by atoms with Gasteiger partial charge in [0.05, 0.1) is 5.92 Å². The molecule has 2 rings (SSSR count). The molecule has 0 aromatic heterocycles. The van der Waals surface area contributed by atoms with Gasteiger partial charge in [0.15, 0.2) is 0 Å². The van der Waals surface area contributed by atoms with Gasteiger partial charge in [0, 0.05) is 0 Å². The van der Waals surface area contributed by atoms with E-state index in [0.717, 1.165) is 16.9 Å². The first kappa shape index (κ1) is 18.8. The van der Waals surface area contributed by atoms with Crippen molar-refractivity contribution in [1.82, 2.24) is 0 Å². The van der Waals surface area contributed by atoms with Crippen LogP contribution >= 0.6 is 0 Å². The zero-order chi connectivity index (χ0) is 18.2. The Morgan fingerprint density at radius 3 is 2.00 bits per heavy atom. The Kier molecular flexibility index (Phi) is 5.27. The molecule has 1 fully saturated rings. The van der Waals surface area contributed by atoms with Crippen LogP contribution in [0.1, 0.15) is 78.4 Å². The summed E-state index contributed by atoms with van der Waals surface area (Å²) in [6.45, 7) is 17.0. The quantitative estimate of drug-likeness (QED) is 0.372. The van der Waals surface area contributed by atoms with E-state index in [1.807, 2.05) is 0 Å². The first-order valence-corrected chi connectivity index (χ1v) is 9.06. The molecule has 132 valence electrons. The molecule has 1 saturated carbocycles. The van der Waals surface area contributed by atoms with Gasteiger partial charge in [0.25, 0.3) is 0 Å². The average Bonchev–Trinajstić information content (AvgIpc) is 2.98. The number of benzene rings is 1. The Morgan fingerprint density at radius 1 is 1.08 bits per heavy atom. The third-order valence-electron chi connectivity index (χ3n) is 5.20. The highest BCUT2D eigenvalue weighted by atomic mass is 16.5. The first-order chi connectivity index (χ1) is 11.1. The third kappa shape index (κ3) is 3.58. The molecule has 0 spiro atoms. The van der Waals surface area contributed by atoms with E-state index in [-0.39, 0.29) is 23.2 Å². The summed E-state index contributed by atoms with van der Waals surface area (Å²) in [4.78, 5) is 12.9. The van der Waals surface area contributed by atoms with Gasteiger partial charge in [-0.1, -0.05) is 71.4 Å². The normalized spacial score (nSPS) is 21.8. The number of carbonyl (C=O) groups excluding carboxylic acids is 1. The second-order valence-corrected chi connectivity index (χ2v) is 8.56. The molecule has 0 amide bonds. The lowest BCUT2D eigenvalue weighted by atomic mass is 9.94. The molecule has 0 bridgehead atoms. The number of ether oxygens (including phenoxy) is 1. The highest BCUT2D eigenvalue weighted by molar-refractivity contribution is 5.81. The van der Waals surface area contributed by atoms with Crippen LogP contribution in [-0.4, -0.2) is 5.97 Å². The molecular formula is C22H32O2. The summed E-state index contributed by atoms with van der Waals surface area (Å²) in [6.07, 6.45) is 2.21. The Balaban J connectivity index is 2.32. The molecule has 0 N–H and O–H groups in total. The van der Waals surface area contributed by atoms with Gasteiger partial charge in [0.2, 0.25) is 0 Å². The summed E-state index contributed by atoms with van der Waals surface area (Å²) in [5.74, 6) is 1.58. The summed E-state index contributed by atoms with van der Waals surface area (Å²) in [5.41, 5.74) is 3.48. The van der Waals surface area contributed by atoms with Crippen molar-refractivity contribution in [1.29, 1.82) is 0 Å². The van der Waals surface area contributed by atoms with Crippen LogP contribution in [0, 0.1) is 17.3 Å². The van der Waals surface area contributed by atoms with Crippen molar-refractivity contribution in [3.05, 3.63) is 41.0 Å². The largest absolute Gasteiger partial charge is 0.426 e. The highest BCUT2D eigenvalue weighted by Gasteiger charge is 2.61. The van der Waals surface area contributed by atoms with Crippen molar-refractivity contribution >= 4 is 5.97 Å². The Hall–Kier alpha value is -1.57. The van der Waals surface area contributed by atoms with Crippen molar-refractivity contribution in [2.24, 2.45) is 17.3 Å². The van der Waals surface area contributed by atoms with E-state index in [2.05, 4.69) is 79.7 Å². The molecule has 0 heterocycles. The van der Waals surface area contributed by atoms with Crippen LogP contribution in [0.3, 0.4) is 0 Å². The molecule has 1 aliphatic carbocycles. The molecule has 1 aromatic carbocycles. The Bertz CT molecular complexity index is 620. The van der Waals surface area contributed by atoms with Crippen molar-refractivity contribution in [2.75, 3.05) is 0 Å². The average molecular weight is 328 g/mol. The number of hydrogen-bond acceptors (Lipinski definition) is 2. The fourth-order valence-corrected chi connectivity index (χ4v) is 3.56. The maximum Gasteiger partial charge on any atom is 0.315 e. The summed E-state index contributed by atoms with van der Waals surface area (Å²) in [7, 11) is 0. The van der Waals surface area contributed by atoms with Crippen LogP contribution in [0.25, 0.3) is 0 Å². The molecule has 0 saturated heterocycles. The molecule has 2 nitrogen and oxygen atoms in total. The van der Waals surface area contributed by atoms with Gasteiger partial charge in [-0.2, -0.15) is 0 Å². The molecule has 2 heteroatoms. The van der Waals surface area contributed by atoms with E-state index < -0.39 is 0 Å². The number of carbonyl (C=O) groups is 1. The standard InChI is InChI=1S/C22H32O2/c1-13(2)12-18-19(22(18,7)8)21(23)24-20-16(14(3)4)10-9-11-17(20)15(5)6/h9-12,14-15,18-19H,1-8H3. The van der Waals surface area contributed by atoms with Gasteiger partial charge in [-0.05, 0) is 48.1 Å². The molecule has 0 radical (unpaired) electrons. The lowest BCUT2D eigenvalue weighted by Crippen LogP contribution is -2.16. The number of hydrogen-bond donors (Lipinski definition) is 0. The van der Waals surface area contributed by atoms with E-state index in [0.29, 0.717) is 11.8 Å². The zero-order valence-electron chi connectivity index (χ0n) is 16.4. The van der Waals surface area contributed by atoms with Crippen LogP contribution in [0.15, 0.2) is 29.8 Å². The number of esters is 1. The second-order valence-electron chi connectivity index (χ2n) is 8.56. The molecule has 0 aliphatic heterocycles. The van der Waals surface area contributed by atoms with Gasteiger partial charge in [-0.25, -0.2) is 0 Å². The number of allylic oxidation sites excluding steroid dienone is 2. The van der Waals surface area contributed by atoms with Crippen LogP contribution in [0.5, 0.6) is 5.75 Å². The molecule has 1 aliphatic rings. The third-order valence-corrected chi connectivity index (χ3v) is 5.20. The van der Waals surface area contributed by atoms with E-state index in [1.165, 1.54) is 5.57 Å². The number of rotatable bonds is 5. The molecule has 24 heavy (non-hydrogen) atoms. The Morgan fingerprint density at radius 2 is 1.58 bits per heavy atom. The number of para-hydroxylation sites is 1. The molecule has 1 aromatic rings. The van der Waals surface area contributed by atoms with Crippen molar-refractivity contribution in [3.63, 3.8) is 0 Å². The van der Waals surface area contributed by atoms with Crippen LogP contribution in [0.4, 0.5) is 0 Å². The van der Waals surface area contributed by atoms with Crippen molar-refractivity contribution in [2.45, 2.75) is 67.2 Å². The van der Waals surface area contributed by atoms with Gasteiger partial charge in [-0.3, -0.25) is 4.79 Å². The van der Waals surface area contributed by atoms with Gasteiger partial charge >= 0.3 is 5.97 Å². The minimum atomic E-state index is -0.0856. The summed E-state index contributed by atoms with van der Waals surface area (Å²) < 4.78 is 6.00. The fraction of sp³-hybridized carbons (Fsp3) is 0.591. The van der Waals surface area contributed by atoms with E-state index >= 15 is 0 Å². The van der Waals surface area contributed by atoms with Crippen LogP contribution < -0.4 is 4.74 Å². The Labute approximate surface area is 147 Å². The SMILES string of the molecule is CC(C)=CC1C(C(=O)Oc2c(C(C)C)cccc2C(C)C)C1(C)C. The monoisotopic (exact) mass is 328 g/mol. The van der Waals surface area contributed by atoms with Gasteiger partial charge < -0.3 is 4.74 Å². The summed E-state index contributed by atoms with van der Waals surface area (Å²) in [5, 5.41) is 0. The van der Waals surface area contributed by atoms with E-state index in [4.69, 9.17) is 4.74 Å². The molecular weight excluding hydrogens is 296 g/mol. The van der Waals surface area contributed by atoms with Crippen molar-refractivity contribution in [3.8, 4) is 5.75 Å². The lowest BCUT2D eigenvalue weighted by Gasteiger charge is -2.19. The second kappa shape index (κ2) is 6.74. The van der Waals surface area contributed by atoms with Crippen LogP contribution in [0.2, 0.25) is 0 Å². The first-order valence-electron chi connectivity index (χ1n) is 9.06. The topological polar surface area (TPSA) is 26.3 Å². The maximum atomic E-state index is 12.9. The lowest BCUT2D eigenvalue weighted by molar-refractivity contribution is -0.136. The van der Waals surface area contributed by atoms with Gasteiger partial charge in [0.1, 0.15) is 5.75 Å². The highest BCUT2D eigenvalue weighted by Crippen LogP contribution is 2.60. The van der Waals surface area contributed by atoms with E-state index in [9.17, 15) is 4.79 Å². The molecule has 2 atom stereocenters. The predicted molar refractivity (Wildman–Crippen MR) is 100 cm³/mol. The fourth-order valence-electron chi connectivity index (χ4n) is 3.56. The summed E-state index contributed by atoms with van der Waals surface area (Å²) in [6, 6.07) is 6.21. The maximum absolute atomic E-state index is 12.9. The van der Waals surface area contributed by atoms with Crippen LogP contribution in [-0.2, 0) is 4.79 Å². The smallest absolute Gasteiger partial charge is 0.315 e. The minimum Gasteiger partial charge on any atom is -0.426 e. The van der Waals surface area contributed by atoms with Crippen molar-refractivity contribution < 1.29 is 9.53 Å². The van der Waals surface area contributed by atoms with E-state index in [1.54, 1.807) is 0 Å². The summed E-state index contributed by atoms with van der Waals surface area (Å²) >= 11 is 0.